The van der Waals surface area contributed by atoms with E-state index in [2.05, 4.69) is 29.7 Å². The highest BCUT2D eigenvalue weighted by Crippen LogP contribution is 2.37. The summed E-state index contributed by atoms with van der Waals surface area (Å²) in [6.45, 7) is 3.00. The zero-order chi connectivity index (χ0) is 14.2. The molecule has 0 bridgehead atoms. The number of rotatable bonds is 5. The summed E-state index contributed by atoms with van der Waals surface area (Å²) in [7, 11) is 1.82. The molecule has 0 unspecified atom stereocenters. The minimum atomic E-state index is -0.00155. The van der Waals surface area contributed by atoms with Crippen LogP contribution >= 0.6 is 11.6 Å². The number of fused-ring (bicyclic) bond motifs is 1. The van der Waals surface area contributed by atoms with Crippen LogP contribution in [-0.4, -0.2) is 28.1 Å². The topological polar surface area (TPSA) is 27.1 Å². The van der Waals surface area contributed by atoms with Crippen LogP contribution in [0, 0.1) is 6.92 Å². The fourth-order valence-electron chi connectivity index (χ4n) is 3.07. The molecular weight excluding hydrogens is 272 g/mol. The van der Waals surface area contributed by atoms with Crippen molar-refractivity contribution in [3.63, 3.8) is 0 Å². The van der Waals surface area contributed by atoms with Crippen LogP contribution in [0.4, 0.5) is 0 Å². The molecule has 108 valence electrons. The van der Waals surface area contributed by atoms with Crippen molar-refractivity contribution in [3.05, 3.63) is 29.6 Å². The van der Waals surface area contributed by atoms with Gasteiger partial charge in [0.15, 0.2) is 0 Å². The molecule has 1 heterocycles. The molecule has 4 heteroatoms. The average molecular weight is 293 g/mol. The van der Waals surface area contributed by atoms with Crippen molar-refractivity contribution >= 4 is 22.6 Å². The molecule has 0 spiro atoms. The lowest BCUT2D eigenvalue weighted by Gasteiger charge is -2.41. The molecule has 0 radical (unpaired) electrons. The number of ether oxygens (including phenoxy) is 1. The molecule has 1 saturated carbocycles. The van der Waals surface area contributed by atoms with Crippen LogP contribution in [0.15, 0.2) is 18.2 Å². The van der Waals surface area contributed by atoms with Gasteiger partial charge >= 0.3 is 0 Å². The van der Waals surface area contributed by atoms with Gasteiger partial charge in [-0.25, -0.2) is 4.98 Å². The fraction of sp³-hybridized carbons (Fsp3) is 0.562. The van der Waals surface area contributed by atoms with E-state index in [1.807, 2.05) is 7.11 Å². The molecule has 1 fully saturated rings. The quantitative estimate of drug-likeness (QED) is 0.786. The van der Waals surface area contributed by atoms with Gasteiger partial charge in [-0.2, -0.15) is 0 Å². The highest BCUT2D eigenvalue weighted by Gasteiger charge is 2.38. The van der Waals surface area contributed by atoms with E-state index in [0.717, 1.165) is 37.1 Å². The maximum atomic E-state index is 5.94. The Bertz CT molecular complexity index is 611. The van der Waals surface area contributed by atoms with Crippen LogP contribution < -0.4 is 0 Å². The predicted molar refractivity (Wildman–Crippen MR) is 82.5 cm³/mol. The maximum absolute atomic E-state index is 5.94. The maximum Gasteiger partial charge on any atom is 0.111 e. The number of benzene rings is 1. The van der Waals surface area contributed by atoms with Gasteiger partial charge < -0.3 is 9.30 Å². The largest absolute Gasteiger partial charge is 0.376 e. The van der Waals surface area contributed by atoms with Crippen molar-refractivity contribution in [1.29, 1.82) is 0 Å². The number of methoxy groups -OCH3 is 1. The van der Waals surface area contributed by atoms with Crippen molar-refractivity contribution in [2.24, 2.45) is 0 Å². The SMILES string of the molecule is COC1(Cn2c(CCCl)nc3c(C)cccc32)CCC1. The van der Waals surface area contributed by atoms with Crippen LogP contribution in [0.3, 0.4) is 0 Å². The lowest BCUT2D eigenvalue weighted by atomic mass is 9.80. The summed E-state index contributed by atoms with van der Waals surface area (Å²) < 4.78 is 8.09. The third kappa shape index (κ3) is 2.23. The van der Waals surface area contributed by atoms with Crippen molar-refractivity contribution in [1.82, 2.24) is 9.55 Å². The molecule has 0 aliphatic heterocycles. The van der Waals surface area contributed by atoms with Crippen LogP contribution in [-0.2, 0) is 17.7 Å². The van der Waals surface area contributed by atoms with Gasteiger partial charge in [0.1, 0.15) is 5.82 Å². The van der Waals surface area contributed by atoms with E-state index in [-0.39, 0.29) is 5.60 Å². The number of para-hydroxylation sites is 1. The molecule has 0 amide bonds. The number of hydrogen-bond acceptors (Lipinski definition) is 2. The molecule has 0 N–H and O–H groups in total. The van der Waals surface area contributed by atoms with Crippen molar-refractivity contribution in [3.8, 4) is 0 Å². The molecular formula is C16H21ClN2O. The number of nitrogens with zero attached hydrogens (tertiary/aromatic N) is 2. The molecule has 2 aromatic rings. The van der Waals surface area contributed by atoms with Gasteiger partial charge in [0, 0.05) is 19.4 Å². The van der Waals surface area contributed by atoms with Gasteiger partial charge in [-0.1, -0.05) is 12.1 Å². The number of halogens is 1. The summed E-state index contributed by atoms with van der Waals surface area (Å²) in [6, 6.07) is 6.36. The van der Waals surface area contributed by atoms with Crippen LogP contribution in [0.5, 0.6) is 0 Å². The summed E-state index contributed by atoms with van der Waals surface area (Å²) in [6.07, 6.45) is 4.32. The number of alkyl halides is 1. The van der Waals surface area contributed by atoms with Gasteiger partial charge in [0.25, 0.3) is 0 Å². The zero-order valence-electron chi connectivity index (χ0n) is 12.2. The Balaban J connectivity index is 2.07. The average Bonchev–Trinajstić information content (AvgIpc) is 2.74. The van der Waals surface area contributed by atoms with Crippen molar-refractivity contribution < 1.29 is 4.74 Å². The van der Waals surface area contributed by atoms with E-state index < -0.39 is 0 Å². The second-order valence-corrected chi connectivity index (χ2v) is 6.11. The van der Waals surface area contributed by atoms with Crippen molar-refractivity contribution in [2.75, 3.05) is 13.0 Å². The molecule has 1 aliphatic rings. The molecule has 0 saturated heterocycles. The highest BCUT2D eigenvalue weighted by molar-refractivity contribution is 6.17. The second kappa shape index (κ2) is 5.38. The minimum absolute atomic E-state index is 0.00155. The van der Waals surface area contributed by atoms with Crippen LogP contribution in [0.2, 0.25) is 0 Å². The molecule has 1 aromatic carbocycles. The van der Waals surface area contributed by atoms with Gasteiger partial charge in [0.05, 0.1) is 23.2 Å². The molecule has 3 rings (SSSR count). The van der Waals surface area contributed by atoms with E-state index >= 15 is 0 Å². The van der Waals surface area contributed by atoms with Gasteiger partial charge in [-0.05, 0) is 37.8 Å². The Morgan fingerprint density at radius 2 is 2.20 bits per heavy atom. The van der Waals surface area contributed by atoms with E-state index in [1.54, 1.807) is 0 Å². The Kier molecular flexibility index (Phi) is 3.74. The lowest BCUT2D eigenvalue weighted by Crippen LogP contribution is -2.43. The number of aromatic nitrogens is 2. The first-order chi connectivity index (χ1) is 9.69. The van der Waals surface area contributed by atoms with Gasteiger partial charge in [0.2, 0.25) is 0 Å². The monoisotopic (exact) mass is 292 g/mol. The molecule has 20 heavy (non-hydrogen) atoms. The Morgan fingerprint density at radius 3 is 2.80 bits per heavy atom. The fourth-order valence-corrected chi connectivity index (χ4v) is 3.24. The number of imidazole rings is 1. The molecule has 3 nitrogen and oxygen atoms in total. The first-order valence-electron chi connectivity index (χ1n) is 7.25. The normalized spacial score (nSPS) is 17.4. The van der Waals surface area contributed by atoms with E-state index in [9.17, 15) is 0 Å². The first kappa shape index (κ1) is 13.9. The standard InChI is InChI=1S/C16H21ClN2O/c1-12-5-3-6-13-15(12)18-14(7-10-17)19(13)11-16(20-2)8-4-9-16/h3,5-6H,4,7-11H2,1-2H3. The van der Waals surface area contributed by atoms with Gasteiger partial charge in [-0.15, -0.1) is 11.6 Å². The minimum Gasteiger partial charge on any atom is -0.376 e. The van der Waals surface area contributed by atoms with E-state index in [0.29, 0.717) is 5.88 Å². The number of aryl methyl sites for hydroxylation is 2. The van der Waals surface area contributed by atoms with E-state index in [4.69, 9.17) is 21.3 Å². The number of hydrogen-bond donors (Lipinski definition) is 0. The third-order valence-electron chi connectivity index (χ3n) is 4.52. The molecule has 0 atom stereocenters. The molecule has 1 aromatic heterocycles. The van der Waals surface area contributed by atoms with Crippen LogP contribution in [0.1, 0.15) is 30.7 Å². The first-order valence-corrected chi connectivity index (χ1v) is 7.78. The summed E-state index contributed by atoms with van der Waals surface area (Å²) in [5.41, 5.74) is 3.52. The Morgan fingerprint density at radius 1 is 1.40 bits per heavy atom. The Labute approximate surface area is 124 Å². The Hall–Kier alpha value is -1.06. The van der Waals surface area contributed by atoms with Gasteiger partial charge in [-0.3, -0.25) is 0 Å². The van der Waals surface area contributed by atoms with Crippen LogP contribution in [0.25, 0.3) is 11.0 Å². The lowest BCUT2D eigenvalue weighted by molar-refractivity contribution is -0.0832. The van der Waals surface area contributed by atoms with E-state index in [1.165, 1.54) is 17.5 Å². The summed E-state index contributed by atoms with van der Waals surface area (Å²) >= 11 is 5.94. The summed E-state index contributed by atoms with van der Waals surface area (Å²) in [5.74, 6) is 1.68. The zero-order valence-corrected chi connectivity index (χ0v) is 12.9. The summed E-state index contributed by atoms with van der Waals surface area (Å²) in [5, 5.41) is 0. The predicted octanol–water partition coefficient (Wildman–Crippen LogP) is 3.70. The van der Waals surface area contributed by atoms with Crippen molar-refractivity contribution in [2.45, 2.75) is 44.8 Å². The highest BCUT2D eigenvalue weighted by atomic mass is 35.5. The third-order valence-corrected chi connectivity index (χ3v) is 4.71. The smallest absolute Gasteiger partial charge is 0.111 e. The second-order valence-electron chi connectivity index (χ2n) is 5.74. The summed E-state index contributed by atoms with van der Waals surface area (Å²) in [4.78, 5) is 4.80. The molecule has 1 aliphatic carbocycles.